The van der Waals surface area contributed by atoms with E-state index in [0.717, 1.165) is 22.7 Å². The average Bonchev–Trinajstić information content (AvgIpc) is 2.75. The van der Waals surface area contributed by atoms with E-state index >= 15 is 0 Å². The number of rotatable bonds is 7. The van der Waals surface area contributed by atoms with Crippen molar-refractivity contribution in [1.29, 1.82) is 0 Å². The molecule has 0 fully saturated rings. The molecule has 3 rings (SSSR count). The Morgan fingerprint density at radius 3 is 1.81 bits per heavy atom. The Morgan fingerprint density at radius 1 is 0.778 bits per heavy atom. The molecule has 3 aromatic carbocycles. The predicted octanol–water partition coefficient (Wildman–Crippen LogP) is 4.76. The van der Waals surface area contributed by atoms with Gasteiger partial charge in [0.15, 0.2) is 5.78 Å². The molecular weight excluding hydrogens is 338 g/mol. The van der Waals surface area contributed by atoms with Crippen LogP contribution in [0.2, 0.25) is 0 Å². The van der Waals surface area contributed by atoms with Crippen LogP contribution in [0.15, 0.2) is 78.9 Å². The van der Waals surface area contributed by atoms with Crippen molar-refractivity contribution >= 4 is 11.5 Å². The molecule has 0 aliphatic carbocycles. The molecule has 0 saturated carbocycles. The summed E-state index contributed by atoms with van der Waals surface area (Å²) >= 11 is 0. The van der Waals surface area contributed by atoms with Gasteiger partial charge in [-0.15, -0.1) is 0 Å². The quantitative estimate of drug-likeness (QED) is 0.569. The summed E-state index contributed by atoms with van der Waals surface area (Å²) < 4.78 is 10.5. The number of ketones is 1. The summed E-state index contributed by atoms with van der Waals surface area (Å²) in [6, 6.07) is 24.3. The standard InChI is InChI=1S/C23H23NO3/c1-24(19-7-5-4-6-8-19)22(17-9-13-20(26-2)14-10-17)23(25)18-11-15-21(27-3)16-12-18/h4-16,22H,1-3H3. The number of para-hydroxylation sites is 1. The SMILES string of the molecule is COc1ccc(C(=O)C(c2ccc(OC)cc2)N(C)c2ccccc2)cc1. The largest absolute Gasteiger partial charge is 0.497 e. The third kappa shape index (κ3) is 4.11. The van der Waals surface area contributed by atoms with E-state index in [4.69, 9.17) is 9.47 Å². The van der Waals surface area contributed by atoms with E-state index in [1.807, 2.05) is 66.5 Å². The zero-order chi connectivity index (χ0) is 19.2. The molecule has 0 N–H and O–H groups in total. The molecule has 1 unspecified atom stereocenters. The Bertz CT molecular complexity index is 874. The second-order valence-electron chi connectivity index (χ2n) is 6.21. The molecule has 27 heavy (non-hydrogen) atoms. The van der Waals surface area contributed by atoms with Crippen LogP contribution in [0.25, 0.3) is 0 Å². The number of hydrogen-bond acceptors (Lipinski definition) is 4. The third-order valence-corrected chi connectivity index (χ3v) is 4.61. The number of hydrogen-bond donors (Lipinski definition) is 0. The Morgan fingerprint density at radius 2 is 1.30 bits per heavy atom. The first kappa shape index (κ1) is 18.5. The predicted molar refractivity (Wildman–Crippen MR) is 108 cm³/mol. The van der Waals surface area contributed by atoms with Crippen LogP contribution >= 0.6 is 0 Å². The van der Waals surface area contributed by atoms with E-state index in [0.29, 0.717) is 5.56 Å². The number of carbonyl (C=O) groups is 1. The van der Waals surface area contributed by atoms with E-state index in [2.05, 4.69) is 0 Å². The highest BCUT2D eigenvalue weighted by Crippen LogP contribution is 2.30. The fourth-order valence-electron chi connectivity index (χ4n) is 3.06. The van der Waals surface area contributed by atoms with Gasteiger partial charge in [0.25, 0.3) is 0 Å². The lowest BCUT2D eigenvalue weighted by Gasteiger charge is -2.29. The second kappa shape index (κ2) is 8.41. The zero-order valence-corrected chi connectivity index (χ0v) is 15.8. The minimum absolute atomic E-state index is 0.0224. The molecule has 0 aliphatic heterocycles. The molecule has 0 heterocycles. The molecule has 3 aromatic rings. The number of anilines is 1. The van der Waals surface area contributed by atoms with Crippen LogP contribution in [0.4, 0.5) is 5.69 Å². The number of Topliss-reactive ketones (excluding diaryl/α,β-unsaturated/α-hetero) is 1. The van der Waals surface area contributed by atoms with Gasteiger partial charge in [-0.2, -0.15) is 0 Å². The lowest BCUT2D eigenvalue weighted by Crippen LogP contribution is -2.31. The molecular formula is C23H23NO3. The summed E-state index contributed by atoms with van der Waals surface area (Å²) in [5.41, 5.74) is 2.52. The van der Waals surface area contributed by atoms with Crippen molar-refractivity contribution in [2.45, 2.75) is 6.04 Å². The first-order chi connectivity index (χ1) is 13.1. The number of methoxy groups -OCH3 is 2. The molecule has 0 aromatic heterocycles. The molecule has 4 heteroatoms. The van der Waals surface area contributed by atoms with Gasteiger partial charge in [-0.1, -0.05) is 30.3 Å². The lowest BCUT2D eigenvalue weighted by molar-refractivity contribution is 0.0959. The Hall–Kier alpha value is -3.27. The van der Waals surface area contributed by atoms with Gasteiger partial charge in [0.05, 0.1) is 14.2 Å². The molecule has 0 aliphatic rings. The summed E-state index contributed by atoms with van der Waals surface area (Å²) in [6.07, 6.45) is 0. The Labute approximate surface area is 160 Å². The number of benzene rings is 3. The van der Waals surface area contributed by atoms with Crippen LogP contribution in [0, 0.1) is 0 Å². The van der Waals surface area contributed by atoms with Crippen molar-refractivity contribution < 1.29 is 14.3 Å². The average molecular weight is 361 g/mol. The van der Waals surface area contributed by atoms with Crippen molar-refractivity contribution in [3.63, 3.8) is 0 Å². The highest BCUT2D eigenvalue weighted by Gasteiger charge is 2.26. The Kier molecular flexibility index (Phi) is 5.77. The van der Waals surface area contributed by atoms with Crippen molar-refractivity contribution in [1.82, 2.24) is 0 Å². The number of likely N-dealkylation sites (N-methyl/N-ethyl adjacent to an activating group) is 1. The van der Waals surface area contributed by atoms with Gasteiger partial charge >= 0.3 is 0 Å². The monoisotopic (exact) mass is 361 g/mol. The van der Waals surface area contributed by atoms with Crippen molar-refractivity contribution in [2.24, 2.45) is 0 Å². The minimum atomic E-state index is -0.452. The van der Waals surface area contributed by atoms with Crippen molar-refractivity contribution in [3.05, 3.63) is 90.0 Å². The highest BCUT2D eigenvalue weighted by molar-refractivity contribution is 6.02. The maximum Gasteiger partial charge on any atom is 0.189 e. The molecule has 4 nitrogen and oxygen atoms in total. The van der Waals surface area contributed by atoms with Gasteiger partial charge in [0, 0.05) is 18.3 Å². The summed E-state index contributed by atoms with van der Waals surface area (Å²) in [5.74, 6) is 1.51. The van der Waals surface area contributed by atoms with Gasteiger partial charge in [-0.25, -0.2) is 0 Å². The van der Waals surface area contributed by atoms with E-state index in [1.54, 1.807) is 38.5 Å². The van der Waals surface area contributed by atoms with Gasteiger partial charge in [-0.05, 0) is 54.1 Å². The van der Waals surface area contributed by atoms with Gasteiger partial charge in [0.1, 0.15) is 17.5 Å². The number of nitrogens with zero attached hydrogens (tertiary/aromatic N) is 1. The number of carbonyl (C=O) groups excluding carboxylic acids is 1. The smallest absolute Gasteiger partial charge is 0.189 e. The summed E-state index contributed by atoms with van der Waals surface area (Å²) in [4.78, 5) is 15.4. The lowest BCUT2D eigenvalue weighted by atomic mass is 9.95. The highest BCUT2D eigenvalue weighted by atomic mass is 16.5. The zero-order valence-electron chi connectivity index (χ0n) is 15.8. The minimum Gasteiger partial charge on any atom is -0.497 e. The Balaban J connectivity index is 2.00. The summed E-state index contributed by atoms with van der Waals surface area (Å²) in [7, 11) is 5.18. The molecule has 0 bridgehead atoms. The van der Waals surface area contributed by atoms with E-state index in [9.17, 15) is 4.79 Å². The molecule has 0 spiro atoms. The van der Waals surface area contributed by atoms with E-state index in [-0.39, 0.29) is 5.78 Å². The van der Waals surface area contributed by atoms with Gasteiger partial charge < -0.3 is 14.4 Å². The van der Waals surface area contributed by atoms with Crippen molar-refractivity contribution in [3.8, 4) is 11.5 Å². The van der Waals surface area contributed by atoms with Crippen LogP contribution in [0.1, 0.15) is 22.0 Å². The molecule has 0 amide bonds. The van der Waals surface area contributed by atoms with Crippen LogP contribution in [-0.2, 0) is 0 Å². The first-order valence-corrected chi connectivity index (χ1v) is 8.74. The van der Waals surface area contributed by atoms with Crippen LogP contribution in [0.5, 0.6) is 11.5 Å². The van der Waals surface area contributed by atoms with Crippen LogP contribution in [-0.4, -0.2) is 27.1 Å². The topological polar surface area (TPSA) is 38.8 Å². The summed E-state index contributed by atoms with van der Waals surface area (Å²) in [5, 5.41) is 0. The number of ether oxygens (including phenoxy) is 2. The molecule has 0 saturated heterocycles. The van der Waals surface area contributed by atoms with Crippen LogP contribution in [0.3, 0.4) is 0 Å². The summed E-state index contributed by atoms with van der Waals surface area (Å²) in [6.45, 7) is 0. The molecule has 138 valence electrons. The van der Waals surface area contributed by atoms with Crippen molar-refractivity contribution in [2.75, 3.05) is 26.2 Å². The van der Waals surface area contributed by atoms with Gasteiger partial charge in [0.2, 0.25) is 0 Å². The second-order valence-corrected chi connectivity index (χ2v) is 6.21. The maximum absolute atomic E-state index is 13.4. The normalized spacial score (nSPS) is 11.5. The first-order valence-electron chi connectivity index (χ1n) is 8.74. The van der Waals surface area contributed by atoms with Gasteiger partial charge in [-0.3, -0.25) is 4.79 Å². The molecule has 0 radical (unpaired) electrons. The van der Waals surface area contributed by atoms with E-state index in [1.165, 1.54) is 0 Å². The molecule has 1 atom stereocenters. The maximum atomic E-state index is 13.4. The van der Waals surface area contributed by atoms with E-state index < -0.39 is 6.04 Å². The van der Waals surface area contributed by atoms with Crippen LogP contribution < -0.4 is 14.4 Å². The fourth-order valence-corrected chi connectivity index (χ4v) is 3.06. The fraction of sp³-hybridized carbons (Fsp3) is 0.174. The third-order valence-electron chi connectivity index (χ3n) is 4.61.